The second-order valence-electron chi connectivity index (χ2n) is 5.19. The molecule has 0 fully saturated rings. The Morgan fingerprint density at radius 2 is 1.54 bits per heavy atom. The van der Waals surface area contributed by atoms with E-state index in [0.717, 1.165) is 4.31 Å². The van der Waals surface area contributed by atoms with Gasteiger partial charge < -0.3 is 19.9 Å². The molecule has 0 saturated heterocycles. The minimum absolute atomic E-state index is 0.119. The van der Waals surface area contributed by atoms with Crippen LogP contribution in [-0.4, -0.2) is 42.2 Å². The summed E-state index contributed by atoms with van der Waals surface area (Å²) in [6.45, 7) is -0.533. The molecule has 0 aromatic heterocycles. The molecule has 2 aromatic rings. The highest BCUT2D eigenvalue weighted by Crippen LogP contribution is 2.33. The van der Waals surface area contributed by atoms with Crippen LogP contribution < -0.4 is 24.2 Å². The first kappa shape index (κ1) is 19.4. The van der Waals surface area contributed by atoms with E-state index in [0.29, 0.717) is 11.5 Å². The van der Waals surface area contributed by atoms with E-state index in [1.807, 2.05) is 0 Å². The average Bonchev–Trinajstić information content (AvgIpc) is 2.65. The Kier molecular flexibility index (Phi) is 5.93. The molecule has 0 spiro atoms. The molecule has 0 aliphatic carbocycles. The van der Waals surface area contributed by atoms with E-state index in [2.05, 4.69) is 0 Å². The van der Waals surface area contributed by atoms with Crippen LogP contribution in [0.1, 0.15) is 0 Å². The van der Waals surface area contributed by atoms with Gasteiger partial charge in [0.2, 0.25) is 5.91 Å². The van der Waals surface area contributed by atoms with Crippen molar-refractivity contribution in [2.75, 3.05) is 32.2 Å². The van der Waals surface area contributed by atoms with Crippen molar-refractivity contribution in [2.45, 2.75) is 4.90 Å². The lowest BCUT2D eigenvalue weighted by molar-refractivity contribution is -0.116. The Labute approximate surface area is 152 Å². The molecular weight excluding hydrogens is 360 g/mol. The number of primary amides is 1. The first-order valence-electron chi connectivity index (χ1n) is 7.50. The number of amides is 1. The number of hydrogen-bond acceptors (Lipinski definition) is 6. The average molecular weight is 380 g/mol. The van der Waals surface area contributed by atoms with E-state index in [1.54, 1.807) is 18.2 Å². The van der Waals surface area contributed by atoms with Gasteiger partial charge in [-0.15, -0.1) is 0 Å². The lowest BCUT2D eigenvalue weighted by atomic mass is 10.3. The molecule has 9 heteroatoms. The van der Waals surface area contributed by atoms with Crippen LogP contribution in [0, 0.1) is 0 Å². The predicted octanol–water partition coefficient (Wildman–Crippen LogP) is 1.39. The van der Waals surface area contributed by atoms with Crippen molar-refractivity contribution in [2.24, 2.45) is 5.73 Å². The lowest BCUT2D eigenvalue weighted by Crippen LogP contribution is -2.38. The van der Waals surface area contributed by atoms with Crippen LogP contribution in [0.2, 0.25) is 0 Å². The van der Waals surface area contributed by atoms with Crippen molar-refractivity contribution >= 4 is 21.6 Å². The Bertz CT molecular complexity index is 881. The monoisotopic (exact) mass is 380 g/mol. The van der Waals surface area contributed by atoms with Crippen molar-refractivity contribution < 1.29 is 27.4 Å². The van der Waals surface area contributed by atoms with Crippen LogP contribution in [0.25, 0.3) is 0 Å². The number of benzene rings is 2. The van der Waals surface area contributed by atoms with E-state index in [-0.39, 0.29) is 16.3 Å². The van der Waals surface area contributed by atoms with Crippen LogP contribution in [0.5, 0.6) is 17.2 Å². The molecule has 0 aliphatic rings. The molecule has 0 radical (unpaired) electrons. The fourth-order valence-electron chi connectivity index (χ4n) is 2.31. The number of carbonyl (C=O) groups is 1. The zero-order valence-corrected chi connectivity index (χ0v) is 15.4. The molecule has 0 atom stereocenters. The number of anilines is 1. The summed E-state index contributed by atoms with van der Waals surface area (Å²) in [5.41, 5.74) is 5.52. The van der Waals surface area contributed by atoms with E-state index in [4.69, 9.17) is 19.9 Å². The number of ether oxygens (including phenoxy) is 3. The SMILES string of the molecule is COc1ccc(N(CC(N)=O)S(=O)(=O)c2cc(OC)ccc2OC)cc1. The molecule has 0 aliphatic heterocycles. The predicted molar refractivity (Wildman–Crippen MR) is 96.3 cm³/mol. The normalized spacial score (nSPS) is 10.9. The maximum absolute atomic E-state index is 13.2. The minimum atomic E-state index is -4.16. The van der Waals surface area contributed by atoms with Gasteiger partial charge in [-0.3, -0.25) is 9.10 Å². The fourth-order valence-corrected chi connectivity index (χ4v) is 3.91. The highest BCUT2D eigenvalue weighted by atomic mass is 32.2. The summed E-state index contributed by atoms with van der Waals surface area (Å²) in [6.07, 6.45) is 0. The van der Waals surface area contributed by atoms with Crippen molar-refractivity contribution in [3.8, 4) is 17.2 Å². The highest BCUT2D eigenvalue weighted by Gasteiger charge is 2.30. The lowest BCUT2D eigenvalue weighted by Gasteiger charge is -2.24. The minimum Gasteiger partial charge on any atom is -0.497 e. The Balaban J connectivity index is 2.60. The molecule has 0 bridgehead atoms. The summed E-state index contributed by atoms with van der Waals surface area (Å²) >= 11 is 0. The van der Waals surface area contributed by atoms with Crippen molar-refractivity contribution in [1.29, 1.82) is 0 Å². The van der Waals surface area contributed by atoms with E-state index >= 15 is 0 Å². The van der Waals surface area contributed by atoms with Crippen LogP contribution >= 0.6 is 0 Å². The number of methoxy groups -OCH3 is 3. The summed E-state index contributed by atoms with van der Waals surface area (Å²) in [5, 5.41) is 0. The molecule has 26 heavy (non-hydrogen) atoms. The maximum Gasteiger partial charge on any atom is 0.268 e. The van der Waals surface area contributed by atoms with E-state index < -0.39 is 22.5 Å². The van der Waals surface area contributed by atoms with Gasteiger partial charge in [-0.25, -0.2) is 8.42 Å². The quantitative estimate of drug-likeness (QED) is 0.741. The molecule has 140 valence electrons. The second kappa shape index (κ2) is 7.96. The molecule has 2 N–H and O–H groups in total. The van der Waals surface area contributed by atoms with Gasteiger partial charge in [-0.2, -0.15) is 0 Å². The highest BCUT2D eigenvalue weighted by molar-refractivity contribution is 7.93. The van der Waals surface area contributed by atoms with Crippen LogP contribution in [0.4, 0.5) is 5.69 Å². The van der Waals surface area contributed by atoms with Gasteiger partial charge >= 0.3 is 0 Å². The summed E-state index contributed by atoms with van der Waals surface area (Å²) in [6, 6.07) is 10.6. The number of nitrogens with zero attached hydrogens (tertiary/aromatic N) is 1. The molecule has 8 nitrogen and oxygen atoms in total. The number of carbonyl (C=O) groups excluding carboxylic acids is 1. The van der Waals surface area contributed by atoms with Gasteiger partial charge in [0.1, 0.15) is 28.7 Å². The van der Waals surface area contributed by atoms with Crippen LogP contribution in [0.3, 0.4) is 0 Å². The number of sulfonamides is 1. The fraction of sp³-hybridized carbons (Fsp3) is 0.235. The van der Waals surface area contributed by atoms with Gasteiger partial charge in [0, 0.05) is 6.07 Å². The van der Waals surface area contributed by atoms with Gasteiger partial charge in [0.05, 0.1) is 27.0 Å². The zero-order valence-electron chi connectivity index (χ0n) is 14.6. The molecule has 2 rings (SSSR count). The van der Waals surface area contributed by atoms with Crippen molar-refractivity contribution in [1.82, 2.24) is 0 Å². The molecule has 0 unspecified atom stereocenters. The molecule has 0 heterocycles. The Morgan fingerprint density at radius 1 is 0.962 bits per heavy atom. The summed E-state index contributed by atoms with van der Waals surface area (Å²) in [5.74, 6) is 0.197. The smallest absolute Gasteiger partial charge is 0.268 e. The molecule has 0 saturated carbocycles. The molecular formula is C17H20N2O6S. The number of hydrogen-bond donors (Lipinski definition) is 1. The summed E-state index contributed by atoms with van der Waals surface area (Å²) in [4.78, 5) is 11.4. The first-order valence-corrected chi connectivity index (χ1v) is 8.94. The third-order valence-electron chi connectivity index (χ3n) is 3.60. The maximum atomic E-state index is 13.2. The van der Waals surface area contributed by atoms with Crippen LogP contribution in [-0.2, 0) is 14.8 Å². The Hall–Kier alpha value is -2.94. The van der Waals surface area contributed by atoms with Gasteiger partial charge in [0.25, 0.3) is 10.0 Å². The third-order valence-corrected chi connectivity index (χ3v) is 5.39. The molecule has 2 aromatic carbocycles. The van der Waals surface area contributed by atoms with E-state index in [1.165, 1.54) is 45.6 Å². The summed E-state index contributed by atoms with van der Waals surface area (Å²) < 4.78 is 42.7. The van der Waals surface area contributed by atoms with E-state index in [9.17, 15) is 13.2 Å². The Morgan fingerprint density at radius 3 is 2.04 bits per heavy atom. The summed E-state index contributed by atoms with van der Waals surface area (Å²) in [7, 11) is 0.110. The largest absolute Gasteiger partial charge is 0.497 e. The topological polar surface area (TPSA) is 108 Å². The van der Waals surface area contributed by atoms with Gasteiger partial charge in [-0.05, 0) is 36.4 Å². The van der Waals surface area contributed by atoms with Crippen molar-refractivity contribution in [3.63, 3.8) is 0 Å². The van der Waals surface area contributed by atoms with Crippen LogP contribution in [0.15, 0.2) is 47.4 Å². The number of rotatable bonds is 8. The number of nitrogens with two attached hydrogens (primary N) is 1. The van der Waals surface area contributed by atoms with Crippen molar-refractivity contribution in [3.05, 3.63) is 42.5 Å². The van der Waals surface area contributed by atoms with Gasteiger partial charge in [0.15, 0.2) is 0 Å². The zero-order chi connectivity index (χ0) is 19.3. The standard InChI is InChI=1S/C17H20N2O6S/c1-23-13-6-4-12(5-7-13)19(11-17(18)20)26(21,22)16-10-14(24-2)8-9-15(16)25-3/h4-10H,11H2,1-3H3,(H2,18,20). The third kappa shape index (κ3) is 3.99. The second-order valence-corrected chi connectivity index (χ2v) is 7.02. The van der Waals surface area contributed by atoms with Gasteiger partial charge in [-0.1, -0.05) is 0 Å². The first-order chi connectivity index (χ1) is 12.3. The molecule has 1 amide bonds.